The van der Waals surface area contributed by atoms with Crippen molar-refractivity contribution in [3.8, 4) is 0 Å². The van der Waals surface area contributed by atoms with Crippen LogP contribution in [0.3, 0.4) is 0 Å². The number of nitrogens with zero attached hydrogens (tertiary/aromatic N) is 2. The number of carbonyl (C=O) groups is 1. The average molecular weight is 289 g/mol. The summed E-state index contributed by atoms with van der Waals surface area (Å²) in [7, 11) is 0. The van der Waals surface area contributed by atoms with E-state index in [1.165, 1.54) is 0 Å². The van der Waals surface area contributed by atoms with Crippen molar-refractivity contribution >= 4 is 29.1 Å². The van der Waals surface area contributed by atoms with E-state index >= 15 is 0 Å². The summed E-state index contributed by atoms with van der Waals surface area (Å²) in [5, 5.41) is 0.428. The fraction of sp³-hybridized carbons (Fsp3) is 0.500. The molecule has 0 spiro atoms. The topological polar surface area (TPSA) is 42.4 Å². The molecule has 1 aromatic heterocycles. The van der Waals surface area contributed by atoms with Crippen LogP contribution in [0.15, 0.2) is 12.1 Å². The summed E-state index contributed by atoms with van der Waals surface area (Å²) in [6.45, 7) is 3.76. The first-order valence-electron chi connectivity index (χ1n) is 5.84. The molecule has 1 amide bonds. The zero-order valence-corrected chi connectivity index (χ0v) is 11.5. The highest BCUT2D eigenvalue weighted by molar-refractivity contribution is 6.34. The van der Waals surface area contributed by atoms with Gasteiger partial charge in [0, 0.05) is 13.1 Å². The summed E-state index contributed by atoms with van der Waals surface area (Å²) in [5.74, 6) is -0.120. The van der Waals surface area contributed by atoms with E-state index in [-0.39, 0.29) is 22.3 Å². The quantitative estimate of drug-likeness (QED) is 0.786. The second kappa shape index (κ2) is 5.87. The lowest BCUT2D eigenvalue weighted by Crippen LogP contribution is -2.45. The second-order valence-corrected chi connectivity index (χ2v) is 4.87. The number of carbonyl (C=O) groups excluding carboxylic acids is 1. The van der Waals surface area contributed by atoms with Crippen LogP contribution in [0.5, 0.6) is 0 Å². The Morgan fingerprint density at radius 2 is 2.33 bits per heavy atom. The Balaban J connectivity index is 2.15. The second-order valence-electron chi connectivity index (χ2n) is 4.12. The van der Waals surface area contributed by atoms with Crippen LogP contribution >= 0.6 is 23.2 Å². The third-order valence-corrected chi connectivity index (χ3v) is 3.43. The molecule has 1 unspecified atom stereocenters. The van der Waals surface area contributed by atoms with E-state index in [9.17, 15) is 4.79 Å². The Labute approximate surface area is 116 Å². The van der Waals surface area contributed by atoms with Crippen molar-refractivity contribution in [1.29, 1.82) is 0 Å². The summed E-state index contributed by atoms with van der Waals surface area (Å²) in [5.41, 5.74) is 0.387. The molecule has 1 fully saturated rings. The van der Waals surface area contributed by atoms with E-state index in [1.54, 1.807) is 17.0 Å². The maximum absolute atomic E-state index is 12.3. The molecule has 1 saturated heterocycles. The van der Waals surface area contributed by atoms with Crippen molar-refractivity contribution in [2.75, 3.05) is 19.7 Å². The van der Waals surface area contributed by atoms with Crippen LogP contribution in [0.1, 0.15) is 23.7 Å². The Kier molecular flexibility index (Phi) is 4.43. The Bertz CT molecular complexity index is 454. The van der Waals surface area contributed by atoms with Crippen LogP contribution in [-0.2, 0) is 4.74 Å². The van der Waals surface area contributed by atoms with Crippen LogP contribution in [0, 0.1) is 0 Å². The van der Waals surface area contributed by atoms with Crippen molar-refractivity contribution in [1.82, 2.24) is 9.88 Å². The number of morpholine rings is 1. The van der Waals surface area contributed by atoms with Gasteiger partial charge >= 0.3 is 0 Å². The van der Waals surface area contributed by atoms with Crippen LogP contribution in [-0.4, -0.2) is 41.6 Å². The SMILES string of the molecule is CCC1CN(C(=O)c2ccc(Cl)nc2Cl)CCO1. The molecule has 0 bridgehead atoms. The number of ether oxygens (including phenoxy) is 1. The number of hydrogen-bond donors (Lipinski definition) is 0. The van der Waals surface area contributed by atoms with Crippen LogP contribution in [0.25, 0.3) is 0 Å². The average Bonchev–Trinajstić information content (AvgIpc) is 2.38. The predicted molar refractivity (Wildman–Crippen MR) is 70.2 cm³/mol. The number of aromatic nitrogens is 1. The van der Waals surface area contributed by atoms with E-state index in [0.717, 1.165) is 6.42 Å². The highest BCUT2D eigenvalue weighted by atomic mass is 35.5. The molecule has 4 nitrogen and oxygen atoms in total. The van der Waals surface area contributed by atoms with Crippen molar-refractivity contribution in [3.05, 3.63) is 28.0 Å². The molecule has 2 heterocycles. The van der Waals surface area contributed by atoms with E-state index in [1.807, 2.05) is 6.92 Å². The van der Waals surface area contributed by atoms with Gasteiger partial charge in [-0.15, -0.1) is 0 Å². The highest BCUT2D eigenvalue weighted by Gasteiger charge is 2.25. The van der Waals surface area contributed by atoms with Crippen molar-refractivity contribution < 1.29 is 9.53 Å². The lowest BCUT2D eigenvalue weighted by molar-refractivity contribution is -0.0226. The molecule has 18 heavy (non-hydrogen) atoms. The number of rotatable bonds is 2. The smallest absolute Gasteiger partial charge is 0.257 e. The lowest BCUT2D eigenvalue weighted by Gasteiger charge is -2.32. The number of amides is 1. The molecular formula is C12H14Cl2N2O2. The highest BCUT2D eigenvalue weighted by Crippen LogP contribution is 2.20. The fourth-order valence-corrected chi connectivity index (χ4v) is 2.32. The standard InChI is InChI=1S/C12H14Cl2N2O2/c1-2-8-7-16(5-6-18-8)12(17)9-3-4-10(13)15-11(9)14/h3-4,8H,2,5-7H2,1H3. The van der Waals surface area contributed by atoms with Gasteiger partial charge in [-0.3, -0.25) is 4.79 Å². The molecule has 1 aliphatic heterocycles. The van der Waals surface area contributed by atoms with E-state index in [4.69, 9.17) is 27.9 Å². The number of hydrogen-bond acceptors (Lipinski definition) is 3. The summed E-state index contributed by atoms with van der Waals surface area (Å²) in [4.78, 5) is 17.9. The molecule has 0 aromatic carbocycles. The van der Waals surface area contributed by atoms with Gasteiger partial charge in [0.05, 0.1) is 18.3 Å². The number of halogens is 2. The maximum atomic E-state index is 12.3. The Morgan fingerprint density at radius 3 is 3.00 bits per heavy atom. The van der Waals surface area contributed by atoms with Gasteiger partial charge in [0.2, 0.25) is 0 Å². The molecular weight excluding hydrogens is 275 g/mol. The van der Waals surface area contributed by atoms with Crippen LogP contribution in [0.4, 0.5) is 0 Å². The van der Waals surface area contributed by atoms with Crippen molar-refractivity contribution in [2.24, 2.45) is 0 Å². The molecule has 0 N–H and O–H groups in total. The van der Waals surface area contributed by atoms with Crippen molar-refractivity contribution in [2.45, 2.75) is 19.4 Å². The summed E-state index contributed by atoms with van der Waals surface area (Å²) >= 11 is 11.7. The third kappa shape index (κ3) is 2.94. The van der Waals surface area contributed by atoms with Crippen LogP contribution < -0.4 is 0 Å². The molecule has 0 aliphatic carbocycles. The van der Waals surface area contributed by atoms with E-state index in [2.05, 4.69) is 4.98 Å². The molecule has 1 aromatic rings. The van der Waals surface area contributed by atoms with Gasteiger partial charge < -0.3 is 9.64 Å². The predicted octanol–water partition coefficient (Wildman–Crippen LogP) is 2.64. The zero-order valence-electron chi connectivity index (χ0n) is 10.0. The molecule has 1 atom stereocenters. The van der Waals surface area contributed by atoms with Gasteiger partial charge in [-0.1, -0.05) is 30.1 Å². The first kappa shape index (κ1) is 13.6. The molecule has 0 saturated carbocycles. The molecule has 98 valence electrons. The third-order valence-electron chi connectivity index (χ3n) is 2.93. The molecule has 2 rings (SSSR count). The van der Waals surface area contributed by atoms with Gasteiger partial charge in [-0.2, -0.15) is 0 Å². The van der Waals surface area contributed by atoms with Gasteiger partial charge in [-0.05, 0) is 18.6 Å². The Morgan fingerprint density at radius 1 is 1.56 bits per heavy atom. The first-order chi connectivity index (χ1) is 8.61. The van der Waals surface area contributed by atoms with Gasteiger partial charge in [-0.25, -0.2) is 4.98 Å². The summed E-state index contributed by atoms with van der Waals surface area (Å²) in [6, 6.07) is 3.18. The minimum absolute atomic E-state index is 0.0988. The summed E-state index contributed by atoms with van der Waals surface area (Å²) in [6.07, 6.45) is 0.984. The fourth-order valence-electron chi connectivity index (χ4n) is 1.89. The lowest BCUT2D eigenvalue weighted by atomic mass is 10.2. The van der Waals surface area contributed by atoms with Gasteiger partial charge in [0.15, 0.2) is 0 Å². The normalized spacial score (nSPS) is 19.9. The molecule has 6 heteroatoms. The van der Waals surface area contributed by atoms with E-state index < -0.39 is 0 Å². The Hall–Kier alpha value is -0.840. The molecule has 0 radical (unpaired) electrons. The van der Waals surface area contributed by atoms with E-state index in [0.29, 0.717) is 25.3 Å². The first-order valence-corrected chi connectivity index (χ1v) is 6.60. The number of pyridine rings is 1. The van der Waals surface area contributed by atoms with Gasteiger partial charge in [0.25, 0.3) is 5.91 Å². The molecule has 1 aliphatic rings. The minimum Gasteiger partial charge on any atom is -0.375 e. The van der Waals surface area contributed by atoms with Crippen molar-refractivity contribution in [3.63, 3.8) is 0 Å². The van der Waals surface area contributed by atoms with Crippen LogP contribution in [0.2, 0.25) is 10.3 Å². The van der Waals surface area contributed by atoms with Gasteiger partial charge in [0.1, 0.15) is 10.3 Å². The largest absolute Gasteiger partial charge is 0.375 e. The summed E-state index contributed by atoms with van der Waals surface area (Å²) < 4.78 is 5.53. The zero-order chi connectivity index (χ0) is 13.1. The maximum Gasteiger partial charge on any atom is 0.257 e. The minimum atomic E-state index is -0.120. The monoisotopic (exact) mass is 288 g/mol.